The molecule has 5 heteroatoms. The largest absolute Gasteiger partial charge is 0.490 e. The maximum absolute atomic E-state index is 13.3. The second-order valence-corrected chi connectivity index (χ2v) is 4.71. The third-order valence-electron chi connectivity index (χ3n) is 2.98. The maximum Gasteiger partial charge on any atom is 0.227 e. The molecule has 0 fully saturated rings. The molecule has 0 unspecified atom stereocenters. The Kier molecular flexibility index (Phi) is 5.25. The molecule has 114 valence electrons. The van der Waals surface area contributed by atoms with Crippen molar-refractivity contribution in [1.29, 1.82) is 0 Å². The number of para-hydroxylation sites is 1. The van der Waals surface area contributed by atoms with Gasteiger partial charge in [-0.2, -0.15) is 0 Å². The van der Waals surface area contributed by atoms with Crippen LogP contribution in [0.5, 0.6) is 5.75 Å². The van der Waals surface area contributed by atoms with Crippen LogP contribution in [-0.2, 0) is 4.79 Å². The second kappa shape index (κ2) is 7.36. The van der Waals surface area contributed by atoms with Gasteiger partial charge in [0.15, 0.2) is 17.3 Å². The normalized spacial score (nSPS) is 10.1. The number of amides is 1. The summed E-state index contributed by atoms with van der Waals surface area (Å²) in [5.74, 6) is -0.679. The van der Waals surface area contributed by atoms with Gasteiger partial charge in [0, 0.05) is 11.3 Å². The molecule has 2 aromatic rings. The molecule has 1 N–H and O–H groups in total. The van der Waals surface area contributed by atoms with E-state index in [1.165, 1.54) is 19.1 Å². The van der Waals surface area contributed by atoms with Gasteiger partial charge in [0.2, 0.25) is 5.91 Å². The Labute approximate surface area is 127 Å². The van der Waals surface area contributed by atoms with Crippen LogP contribution in [0.2, 0.25) is 0 Å². The van der Waals surface area contributed by atoms with E-state index < -0.39 is 5.82 Å². The molecule has 0 aliphatic rings. The number of Topliss-reactive ketones (excluding diaryl/α,β-unsaturated/α-hetero) is 1. The van der Waals surface area contributed by atoms with Crippen LogP contribution in [0.15, 0.2) is 48.5 Å². The van der Waals surface area contributed by atoms with Crippen LogP contribution in [0.25, 0.3) is 0 Å². The quantitative estimate of drug-likeness (QED) is 0.832. The molecule has 0 aliphatic heterocycles. The van der Waals surface area contributed by atoms with Crippen molar-refractivity contribution in [3.05, 3.63) is 59.9 Å². The Morgan fingerprint density at radius 3 is 2.64 bits per heavy atom. The Hall–Kier alpha value is -2.69. The number of halogens is 1. The van der Waals surface area contributed by atoms with Gasteiger partial charge in [-0.3, -0.25) is 9.59 Å². The first-order valence-corrected chi connectivity index (χ1v) is 6.84. The lowest BCUT2D eigenvalue weighted by Crippen LogP contribution is -2.15. The van der Waals surface area contributed by atoms with E-state index >= 15 is 0 Å². The third-order valence-corrected chi connectivity index (χ3v) is 2.98. The fourth-order valence-corrected chi connectivity index (χ4v) is 1.85. The number of benzene rings is 2. The molecule has 0 aromatic heterocycles. The van der Waals surface area contributed by atoms with E-state index in [0.29, 0.717) is 11.3 Å². The van der Waals surface area contributed by atoms with Crippen LogP contribution in [-0.4, -0.2) is 18.3 Å². The number of carbonyl (C=O) groups is 2. The van der Waals surface area contributed by atoms with Crippen molar-refractivity contribution in [1.82, 2.24) is 0 Å². The summed E-state index contributed by atoms with van der Waals surface area (Å²) in [6.07, 6.45) is 0.0820. The molecule has 0 heterocycles. The van der Waals surface area contributed by atoms with Crippen molar-refractivity contribution >= 4 is 17.4 Å². The summed E-state index contributed by atoms with van der Waals surface area (Å²) in [5, 5.41) is 2.67. The highest BCUT2D eigenvalue weighted by Gasteiger charge is 2.06. The van der Waals surface area contributed by atoms with Gasteiger partial charge < -0.3 is 10.1 Å². The zero-order valence-corrected chi connectivity index (χ0v) is 12.1. The summed E-state index contributed by atoms with van der Waals surface area (Å²) in [5.41, 5.74) is 1.07. The second-order valence-electron chi connectivity index (χ2n) is 4.71. The van der Waals surface area contributed by atoms with Crippen molar-refractivity contribution in [2.75, 3.05) is 11.9 Å². The van der Waals surface area contributed by atoms with E-state index in [9.17, 15) is 14.0 Å². The molecule has 0 bridgehead atoms. The minimum atomic E-state index is -0.461. The number of hydrogen-bond donors (Lipinski definition) is 1. The molecule has 0 aliphatic carbocycles. The maximum atomic E-state index is 13.3. The van der Waals surface area contributed by atoms with Crippen LogP contribution in [0.3, 0.4) is 0 Å². The fourth-order valence-electron chi connectivity index (χ4n) is 1.85. The first-order valence-electron chi connectivity index (χ1n) is 6.84. The predicted octanol–water partition coefficient (Wildman–Crippen LogP) is 3.44. The van der Waals surface area contributed by atoms with Gasteiger partial charge in [-0.25, -0.2) is 4.39 Å². The number of ketones is 1. The molecule has 1 amide bonds. The molecule has 2 aromatic carbocycles. The Balaban J connectivity index is 1.84. The lowest BCUT2D eigenvalue weighted by Gasteiger charge is -2.08. The van der Waals surface area contributed by atoms with Crippen LogP contribution in [0, 0.1) is 5.82 Å². The zero-order chi connectivity index (χ0) is 15.9. The predicted molar refractivity (Wildman–Crippen MR) is 81.6 cm³/mol. The van der Waals surface area contributed by atoms with Crippen LogP contribution >= 0.6 is 0 Å². The number of rotatable bonds is 6. The first-order chi connectivity index (χ1) is 10.6. The number of carbonyl (C=O) groups excluding carboxylic acids is 2. The minimum Gasteiger partial charge on any atom is -0.490 e. The van der Waals surface area contributed by atoms with E-state index in [2.05, 4.69) is 5.32 Å². The van der Waals surface area contributed by atoms with Crippen molar-refractivity contribution < 1.29 is 18.7 Å². The zero-order valence-electron chi connectivity index (χ0n) is 12.1. The third kappa shape index (κ3) is 4.41. The van der Waals surface area contributed by atoms with Crippen molar-refractivity contribution in [3.63, 3.8) is 0 Å². The Morgan fingerprint density at radius 1 is 1.14 bits per heavy atom. The van der Waals surface area contributed by atoms with E-state index in [-0.39, 0.29) is 30.5 Å². The number of hydrogen-bond acceptors (Lipinski definition) is 3. The lowest BCUT2D eigenvalue weighted by molar-refractivity contribution is -0.116. The van der Waals surface area contributed by atoms with Gasteiger partial charge in [0.25, 0.3) is 0 Å². The van der Waals surface area contributed by atoms with Crippen LogP contribution < -0.4 is 10.1 Å². The smallest absolute Gasteiger partial charge is 0.227 e. The molecule has 0 atom stereocenters. The fraction of sp³-hybridized carbons (Fsp3) is 0.176. The summed E-state index contributed by atoms with van der Waals surface area (Å²) in [7, 11) is 0. The summed E-state index contributed by atoms with van der Waals surface area (Å²) in [6.45, 7) is 1.53. The summed E-state index contributed by atoms with van der Waals surface area (Å²) in [6, 6.07) is 12.7. The van der Waals surface area contributed by atoms with Crippen LogP contribution in [0.4, 0.5) is 10.1 Å². The molecule has 0 spiro atoms. The molecule has 0 radical (unpaired) electrons. The highest BCUT2D eigenvalue weighted by molar-refractivity contribution is 5.97. The topological polar surface area (TPSA) is 55.4 Å². The molecule has 4 nitrogen and oxygen atoms in total. The molecular formula is C17H16FNO3. The monoisotopic (exact) mass is 301 g/mol. The van der Waals surface area contributed by atoms with Crippen molar-refractivity contribution in [3.8, 4) is 5.75 Å². The molecule has 22 heavy (non-hydrogen) atoms. The van der Waals surface area contributed by atoms with Crippen molar-refractivity contribution in [2.45, 2.75) is 13.3 Å². The van der Waals surface area contributed by atoms with E-state index in [0.717, 1.165) is 0 Å². The Morgan fingerprint density at radius 2 is 1.91 bits per heavy atom. The SMILES string of the molecule is CC(=O)c1cccc(NC(=O)CCOc2ccccc2F)c1. The van der Waals surface area contributed by atoms with E-state index in [1.54, 1.807) is 36.4 Å². The summed E-state index contributed by atoms with van der Waals surface area (Å²) < 4.78 is 18.5. The number of anilines is 1. The van der Waals surface area contributed by atoms with Gasteiger partial charge in [-0.1, -0.05) is 24.3 Å². The highest BCUT2D eigenvalue weighted by Crippen LogP contribution is 2.16. The summed E-state index contributed by atoms with van der Waals surface area (Å²) >= 11 is 0. The van der Waals surface area contributed by atoms with Gasteiger partial charge in [0.1, 0.15) is 0 Å². The summed E-state index contributed by atoms with van der Waals surface area (Å²) in [4.78, 5) is 23.1. The standard InChI is InChI=1S/C17H16FNO3/c1-12(20)13-5-4-6-14(11-13)19-17(21)9-10-22-16-8-3-2-7-15(16)18/h2-8,11H,9-10H2,1H3,(H,19,21). The van der Waals surface area contributed by atoms with E-state index in [4.69, 9.17) is 4.74 Å². The van der Waals surface area contributed by atoms with Crippen molar-refractivity contribution in [2.24, 2.45) is 0 Å². The van der Waals surface area contributed by atoms with E-state index in [1.807, 2.05) is 0 Å². The average Bonchev–Trinajstić information content (AvgIpc) is 2.49. The Bertz CT molecular complexity index is 685. The number of ether oxygens (including phenoxy) is 1. The molecule has 0 saturated heterocycles. The van der Waals surface area contributed by atoms with Gasteiger partial charge >= 0.3 is 0 Å². The van der Waals surface area contributed by atoms with Gasteiger partial charge in [-0.05, 0) is 31.2 Å². The minimum absolute atomic E-state index is 0.0686. The highest BCUT2D eigenvalue weighted by atomic mass is 19.1. The first kappa shape index (κ1) is 15.7. The number of nitrogens with one attached hydrogen (secondary N) is 1. The molecule has 0 saturated carbocycles. The average molecular weight is 301 g/mol. The van der Waals surface area contributed by atoms with Gasteiger partial charge in [0.05, 0.1) is 13.0 Å². The molecular weight excluding hydrogens is 285 g/mol. The van der Waals surface area contributed by atoms with Gasteiger partial charge in [-0.15, -0.1) is 0 Å². The molecule has 2 rings (SSSR count). The lowest BCUT2D eigenvalue weighted by atomic mass is 10.1. The van der Waals surface area contributed by atoms with Crippen LogP contribution in [0.1, 0.15) is 23.7 Å².